The Morgan fingerprint density at radius 2 is 1.67 bits per heavy atom. The van der Waals surface area contributed by atoms with Crippen LogP contribution in [0.15, 0.2) is 65.6 Å². The van der Waals surface area contributed by atoms with Crippen molar-refractivity contribution in [3.63, 3.8) is 0 Å². The number of benzene rings is 2. The number of hydrogen-bond donors (Lipinski definition) is 1. The largest absolute Gasteiger partial charge is 0.309 e. The number of nitrogens with one attached hydrogen (secondary N) is 1. The highest BCUT2D eigenvalue weighted by molar-refractivity contribution is 7.90. The topological polar surface area (TPSA) is 46.2 Å². The van der Waals surface area contributed by atoms with Gasteiger partial charge in [-0.2, -0.15) is 0 Å². The molecule has 0 fully saturated rings. The van der Waals surface area contributed by atoms with Gasteiger partial charge in [-0.1, -0.05) is 54.6 Å². The standard InChI is InChI=1S/C17H19NO2S/c1-21(19,20)17-11-9-16(10-12-17)14-18-13-5-8-15-6-3-2-4-7-15/h2-12,18H,13-14H2,1H3. The quantitative estimate of drug-likeness (QED) is 0.835. The Hall–Kier alpha value is -1.91. The second-order valence-electron chi connectivity index (χ2n) is 4.86. The summed E-state index contributed by atoms with van der Waals surface area (Å²) in [6.07, 6.45) is 5.36. The molecule has 3 nitrogen and oxygen atoms in total. The minimum absolute atomic E-state index is 0.357. The first-order valence-corrected chi connectivity index (χ1v) is 8.66. The normalized spacial score (nSPS) is 11.9. The molecular formula is C17H19NO2S. The van der Waals surface area contributed by atoms with Gasteiger partial charge in [0.05, 0.1) is 4.90 Å². The molecule has 0 atom stereocenters. The van der Waals surface area contributed by atoms with E-state index in [0.717, 1.165) is 12.1 Å². The molecule has 0 saturated carbocycles. The monoisotopic (exact) mass is 301 g/mol. The summed E-state index contributed by atoms with van der Waals surface area (Å²) in [5.41, 5.74) is 2.24. The van der Waals surface area contributed by atoms with E-state index < -0.39 is 9.84 Å². The van der Waals surface area contributed by atoms with Crippen molar-refractivity contribution >= 4 is 15.9 Å². The second kappa shape index (κ2) is 7.20. The lowest BCUT2D eigenvalue weighted by atomic mass is 10.2. The molecule has 1 N–H and O–H groups in total. The molecule has 110 valence electrons. The summed E-state index contributed by atoms with van der Waals surface area (Å²) in [6, 6.07) is 17.1. The SMILES string of the molecule is CS(=O)(=O)c1ccc(CNCC=Cc2ccccc2)cc1. The first-order chi connectivity index (χ1) is 10.1. The van der Waals surface area contributed by atoms with E-state index in [1.165, 1.54) is 11.8 Å². The molecule has 0 aromatic heterocycles. The van der Waals surface area contributed by atoms with Crippen LogP contribution in [0.2, 0.25) is 0 Å². The van der Waals surface area contributed by atoms with Crippen LogP contribution in [0.25, 0.3) is 6.08 Å². The van der Waals surface area contributed by atoms with Gasteiger partial charge in [-0.25, -0.2) is 8.42 Å². The van der Waals surface area contributed by atoms with Gasteiger partial charge in [0.2, 0.25) is 0 Å². The summed E-state index contributed by atoms with van der Waals surface area (Å²) >= 11 is 0. The van der Waals surface area contributed by atoms with Crippen molar-refractivity contribution in [2.45, 2.75) is 11.4 Å². The lowest BCUT2D eigenvalue weighted by Gasteiger charge is -2.03. The lowest BCUT2D eigenvalue weighted by molar-refractivity contribution is 0.602. The van der Waals surface area contributed by atoms with Gasteiger partial charge in [-0.15, -0.1) is 0 Å². The number of rotatable bonds is 6. The summed E-state index contributed by atoms with van der Waals surface area (Å²) in [5, 5.41) is 3.29. The summed E-state index contributed by atoms with van der Waals surface area (Å²) in [4.78, 5) is 0.357. The van der Waals surface area contributed by atoms with Gasteiger partial charge in [0.1, 0.15) is 0 Å². The summed E-state index contributed by atoms with van der Waals surface area (Å²) in [5.74, 6) is 0. The predicted octanol–water partition coefficient (Wildman–Crippen LogP) is 2.89. The molecule has 0 spiro atoms. The van der Waals surface area contributed by atoms with E-state index in [4.69, 9.17) is 0 Å². The molecule has 0 aliphatic heterocycles. The Morgan fingerprint density at radius 3 is 2.29 bits per heavy atom. The zero-order valence-electron chi connectivity index (χ0n) is 12.0. The van der Waals surface area contributed by atoms with E-state index in [-0.39, 0.29) is 0 Å². The van der Waals surface area contributed by atoms with Crippen LogP contribution in [0, 0.1) is 0 Å². The van der Waals surface area contributed by atoms with Crippen LogP contribution < -0.4 is 5.32 Å². The Bertz CT molecular complexity index is 689. The summed E-state index contributed by atoms with van der Waals surface area (Å²) in [7, 11) is -3.11. The van der Waals surface area contributed by atoms with Gasteiger partial charge in [0.15, 0.2) is 9.84 Å². The zero-order chi connectivity index (χ0) is 15.1. The molecule has 0 aliphatic carbocycles. The maximum absolute atomic E-state index is 11.4. The van der Waals surface area contributed by atoms with Crippen molar-refractivity contribution in [1.29, 1.82) is 0 Å². The maximum Gasteiger partial charge on any atom is 0.175 e. The van der Waals surface area contributed by atoms with E-state index in [1.807, 2.05) is 30.3 Å². The molecule has 2 rings (SSSR count). The molecule has 4 heteroatoms. The van der Waals surface area contributed by atoms with Crippen molar-refractivity contribution in [3.05, 3.63) is 71.8 Å². The highest BCUT2D eigenvalue weighted by Gasteiger charge is 2.05. The average molecular weight is 301 g/mol. The van der Waals surface area contributed by atoms with E-state index in [0.29, 0.717) is 11.4 Å². The zero-order valence-corrected chi connectivity index (χ0v) is 12.8. The van der Waals surface area contributed by atoms with Gasteiger partial charge in [-0.3, -0.25) is 0 Å². The molecule has 2 aromatic carbocycles. The van der Waals surface area contributed by atoms with Crippen LogP contribution in [0.5, 0.6) is 0 Å². The van der Waals surface area contributed by atoms with Gasteiger partial charge >= 0.3 is 0 Å². The summed E-state index contributed by atoms with van der Waals surface area (Å²) < 4.78 is 22.7. The van der Waals surface area contributed by atoms with E-state index >= 15 is 0 Å². The van der Waals surface area contributed by atoms with Crippen LogP contribution in [0.4, 0.5) is 0 Å². The van der Waals surface area contributed by atoms with Crippen LogP contribution in [0.1, 0.15) is 11.1 Å². The molecule has 0 amide bonds. The minimum Gasteiger partial charge on any atom is -0.309 e. The fourth-order valence-corrected chi connectivity index (χ4v) is 2.54. The molecule has 0 aliphatic rings. The Balaban J connectivity index is 1.80. The highest BCUT2D eigenvalue weighted by atomic mass is 32.2. The van der Waals surface area contributed by atoms with E-state index in [9.17, 15) is 8.42 Å². The van der Waals surface area contributed by atoms with Crippen LogP contribution in [-0.4, -0.2) is 21.2 Å². The van der Waals surface area contributed by atoms with Crippen LogP contribution in [0.3, 0.4) is 0 Å². The molecule has 0 heterocycles. The van der Waals surface area contributed by atoms with Crippen molar-refractivity contribution in [1.82, 2.24) is 5.32 Å². The Morgan fingerprint density at radius 1 is 1.00 bits per heavy atom. The summed E-state index contributed by atoms with van der Waals surface area (Å²) in [6.45, 7) is 1.48. The third-order valence-corrected chi connectivity index (χ3v) is 4.18. The molecule has 0 saturated heterocycles. The number of sulfone groups is 1. The molecular weight excluding hydrogens is 282 g/mol. The highest BCUT2D eigenvalue weighted by Crippen LogP contribution is 2.10. The maximum atomic E-state index is 11.4. The Kier molecular flexibility index (Phi) is 5.31. The fraction of sp³-hybridized carbons (Fsp3) is 0.176. The lowest BCUT2D eigenvalue weighted by Crippen LogP contribution is -2.12. The fourth-order valence-electron chi connectivity index (χ4n) is 1.91. The molecule has 21 heavy (non-hydrogen) atoms. The van der Waals surface area contributed by atoms with E-state index in [1.54, 1.807) is 12.1 Å². The second-order valence-corrected chi connectivity index (χ2v) is 6.88. The van der Waals surface area contributed by atoms with Crippen molar-refractivity contribution in [3.8, 4) is 0 Å². The van der Waals surface area contributed by atoms with Crippen molar-refractivity contribution in [2.75, 3.05) is 12.8 Å². The third-order valence-electron chi connectivity index (χ3n) is 3.05. The van der Waals surface area contributed by atoms with E-state index in [2.05, 4.69) is 29.6 Å². The number of hydrogen-bond acceptors (Lipinski definition) is 3. The first-order valence-electron chi connectivity index (χ1n) is 6.77. The van der Waals surface area contributed by atoms with Gasteiger partial charge < -0.3 is 5.32 Å². The third kappa shape index (κ3) is 5.17. The smallest absolute Gasteiger partial charge is 0.175 e. The predicted molar refractivity (Wildman–Crippen MR) is 86.7 cm³/mol. The average Bonchev–Trinajstić information content (AvgIpc) is 2.47. The van der Waals surface area contributed by atoms with Crippen LogP contribution in [-0.2, 0) is 16.4 Å². The van der Waals surface area contributed by atoms with Crippen molar-refractivity contribution < 1.29 is 8.42 Å². The minimum atomic E-state index is -3.11. The van der Waals surface area contributed by atoms with Crippen LogP contribution >= 0.6 is 0 Å². The van der Waals surface area contributed by atoms with Gasteiger partial charge in [0.25, 0.3) is 0 Å². The molecule has 2 aromatic rings. The van der Waals surface area contributed by atoms with Gasteiger partial charge in [0, 0.05) is 19.3 Å². The van der Waals surface area contributed by atoms with Gasteiger partial charge in [-0.05, 0) is 23.3 Å². The Labute approximate surface area is 126 Å². The van der Waals surface area contributed by atoms with Crippen molar-refractivity contribution in [2.24, 2.45) is 0 Å². The molecule has 0 unspecified atom stereocenters. The molecule has 0 bridgehead atoms. The first kappa shape index (κ1) is 15.5. The molecule has 0 radical (unpaired) electrons.